The summed E-state index contributed by atoms with van der Waals surface area (Å²) < 4.78 is 35.0. The van der Waals surface area contributed by atoms with Crippen LogP contribution in [0.5, 0.6) is 17.2 Å². The van der Waals surface area contributed by atoms with Gasteiger partial charge in [0, 0.05) is 43.0 Å². The molecule has 3 aromatic rings. The highest BCUT2D eigenvalue weighted by atomic mass is 31.2. The number of hydrogen-bond donors (Lipinski definition) is 0. The SMILES string of the molecule is COc1cc(N2C(=O)CC(P3(=O)N(c4ccccc4)CCN3c3ccccc3)C2=O)cc(OC)c1OC. The van der Waals surface area contributed by atoms with Gasteiger partial charge in [-0.1, -0.05) is 36.4 Å². The summed E-state index contributed by atoms with van der Waals surface area (Å²) in [6, 6.07) is 21.8. The van der Waals surface area contributed by atoms with Gasteiger partial charge in [-0.3, -0.25) is 14.2 Å². The molecule has 0 spiro atoms. The number of carbonyl (C=O) groups is 2. The number of methoxy groups -OCH3 is 3. The Balaban J connectivity index is 1.60. The molecule has 3 aromatic carbocycles. The van der Waals surface area contributed by atoms with Crippen molar-refractivity contribution in [3.8, 4) is 17.2 Å². The summed E-state index contributed by atoms with van der Waals surface area (Å²) in [5.74, 6) is 0.00715. The van der Waals surface area contributed by atoms with E-state index in [0.29, 0.717) is 30.3 Å². The standard InChI is InChI=1S/C27H28N3O6P/c1-34-22-16-21(17-23(35-2)26(22)36-3)30-25(31)18-24(27(30)32)37(33)28(19-10-6-4-7-11-19)14-15-29(37)20-12-8-5-9-13-20/h4-13,16-17,24H,14-15,18H2,1-3H3. The van der Waals surface area contributed by atoms with Crippen LogP contribution < -0.4 is 28.5 Å². The fourth-order valence-corrected chi connectivity index (χ4v) is 8.49. The Hall–Kier alpha value is -3.97. The molecule has 2 aliphatic heterocycles. The van der Waals surface area contributed by atoms with Crippen LogP contribution in [-0.4, -0.2) is 51.9 Å². The number of hydrogen-bond acceptors (Lipinski definition) is 6. The molecule has 1 atom stereocenters. The molecule has 192 valence electrons. The summed E-state index contributed by atoms with van der Waals surface area (Å²) >= 11 is 0. The lowest BCUT2D eigenvalue weighted by Gasteiger charge is -2.35. The maximum atomic E-state index is 15.1. The van der Waals surface area contributed by atoms with E-state index in [1.165, 1.54) is 21.3 Å². The number of carbonyl (C=O) groups excluding carboxylic acids is 2. The predicted octanol–water partition coefficient (Wildman–Crippen LogP) is 4.56. The lowest BCUT2D eigenvalue weighted by molar-refractivity contribution is -0.121. The molecule has 0 N–H and O–H groups in total. The molecule has 0 aromatic heterocycles. The number of rotatable bonds is 7. The molecule has 2 saturated heterocycles. The normalized spacial score (nSPS) is 18.9. The van der Waals surface area contributed by atoms with Crippen molar-refractivity contribution in [1.29, 1.82) is 0 Å². The van der Waals surface area contributed by atoms with Gasteiger partial charge >= 0.3 is 0 Å². The lowest BCUT2D eigenvalue weighted by Crippen LogP contribution is -2.36. The quantitative estimate of drug-likeness (QED) is 0.330. The second-order valence-electron chi connectivity index (χ2n) is 8.68. The van der Waals surface area contributed by atoms with Crippen molar-refractivity contribution in [2.45, 2.75) is 12.1 Å². The fraction of sp³-hybridized carbons (Fsp3) is 0.259. The Morgan fingerprint density at radius 2 is 1.22 bits per heavy atom. The van der Waals surface area contributed by atoms with E-state index in [9.17, 15) is 9.59 Å². The Labute approximate surface area is 215 Å². The van der Waals surface area contributed by atoms with Crippen molar-refractivity contribution in [3.63, 3.8) is 0 Å². The smallest absolute Gasteiger partial charge is 0.275 e. The summed E-state index contributed by atoms with van der Waals surface area (Å²) in [5, 5.41) is 0. The summed E-state index contributed by atoms with van der Waals surface area (Å²) in [4.78, 5) is 28.4. The summed E-state index contributed by atoms with van der Waals surface area (Å²) in [6.07, 6.45) is -0.181. The van der Waals surface area contributed by atoms with Crippen LogP contribution in [0.25, 0.3) is 0 Å². The van der Waals surface area contributed by atoms with Crippen molar-refractivity contribution in [1.82, 2.24) is 0 Å². The minimum atomic E-state index is -3.62. The fourth-order valence-electron chi connectivity index (χ4n) is 5.08. The number of ether oxygens (including phenoxy) is 3. The molecule has 0 bridgehead atoms. The summed E-state index contributed by atoms with van der Waals surface area (Å²) in [7, 11) is 0.782. The predicted molar refractivity (Wildman–Crippen MR) is 142 cm³/mol. The van der Waals surface area contributed by atoms with Gasteiger partial charge in [-0.25, -0.2) is 4.90 Å². The van der Waals surface area contributed by atoms with Crippen LogP contribution in [0, 0.1) is 0 Å². The van der Waals surface area contributed by atoms with Gasteiger partial charge in [0.25, 0.3) is 7.44 Å². The first-order chi connectivity index (χ1) is 17.9. The first kappa shape index (κ1) is 24.7. The monoisotopic (exact) mass is 521 g/mol. The molecule has 5 rings (SSSR count). The third-order valence-corrected chi connectivity index (χ3v) is 10.2. The Bertz CT molecular complexity index is 1290. The highest BCUT2D eigenvalue weighted by molar-refractivity contribution is 7.69. The number of benzene rings is 3. The second kappa shape index (κ2) is 9.82. The zero-order valence-corrected chi connectivity index (χ0v) is 21.8. The molecule has 2 amide bonds. The Morgan fingerprint density at radius 1 is 0.730 bits per heavy atom. The second-order valence-corrected chi connectivity index (χ2v) is 11.4. The van der Waals surface area contributed by atoms with Gasteiger partial charge in [-0.05, 0) is 24.3 Å². The van der Waals surface area contributed by atoms with E-state index in [0.717, 1.165) is 16.3 Å². The minimum Gasteiger partial charge on any atom is -0.493 e. The summed E-state index contributed by atoms with van der Waals surface area (Å²) in [6.45, 7) is 0.913. The molecular weight excluding hydrogens is 493 g/mol. The van der Waals surface area contributed by atoms with Crippen molar-refractivity contribution in [2.24, 2.45) is 0 Å². The van der Waals surface area contributed by atoms with Crippen LogP contribution >= 0.6 is 7.44 Å². The van der Waals surface area contributed by atoms with Gasteiger partial charge < -0.3 is 23.6 Å². The van der Waals surface area contributed by atoms with Crippen LogP contribution in [0.15, 0.2) is 72.8 Å². The molecule has 0 saturated carbocycles. The van der Waals surface area contributed by atoms with E-state index in [1.54, 1.807) is 21.5 Å². The number of amides is 2. The zero-order chi connectivity index (χ0) is 26.2. The van der Waals surface area contributed by atoms with E-state index in [-0.39, 0.29) is 12.1 Å². The highest BCUT2D eigenvalue weighted by Crippen LogP contribution is 2.65. The maximum Gasteiger partial charge on any atom is 0.275 e. The van der Waals surface area contributed by atoms with Crippen LogP contribution in [0.1, 0.15) is 6.42 Å². The molecule has 37 heavy (non-hydrogen) atoms. The first-order valence-electron chi connectivity index (χ1n) is 11.9. The average molecular weight is 522 g/mol. The molecule has 2 heterocycles. The van der Waals surface area contributed by atoms with E-state index in [4.69, 9.17) is 14.2 Å². The zero-order valence-electron chi connectivity index (χ0n) is 20.9. The lowest BCUT2D eigenvalue weighted by atomic mass is 10.2. The van der Waals surface area contributed by atoms with E-state index >= 15 is 4.57 Å². The van der Waals surface area contributed by atoms with Crippen LogP contribution in [0.2, 0.25) is 0 Å². The topological polar surface area (TPSA) is 88.6 Å². The molecule has 0 radical (unpaired) electrons. The summed E-state index contributed by atoms with van der Waals surface area (Å²) in [5.41, 5.74) is 0.712. The van der Waals surface area contributed by atoms with Gasteiger partial charge in [0.1, 0.15) is 5.66 Å². The number of imide groups is 1. The molecule has 0 aliphatic carbocycles. The first-order valence-corrected chi connectivity index (χ1v) is 13.5. The Kier molecular flexibility index (Phi) is 6.56. The van der Waals surface area contributed by atoms with Crippen LogP contribution in [0.4, 0.5) is 17.1 Å². The molecule has 10 heteroatoms. The van der Waals surface area contributed by atoms with E-state index in [2.05, 4.69) is 0 Å². The van der Waals surface area contributed by atoms with Gasteiger partial charge in [-0.15, -0.1) is 0 Å². The third kappa shape index (κ3) is 4.00. The van der Waals surface area contributed by atoms with Crippen molar-refractivity contribution < 1.29 is 28.4 Å². The van der Waals surface area contributed by atoms with Gasteiger partial charge in [-0.2, -0.15) is 0 Å². The third-order valence-electron chi connectivity index (χ3n) is 6.76. The molecule has 9 nitrogen and oxygen atoms in total. The minimum absolute atomic E-state index is 0.181. The molecule has 1 unspecified atom stereocenters. The molecule has 2 fully saturated rings. The largest absolute Gasteiger partial charge is 0.493 e. The molecular formula is C27H28N3O6P. The van der Waals surface area contributed by atoms with Crippen LogP contribution in [0.3, 0.4) is 0 Å². The highest BCUT2D eigenvalue weighted by Gasteiger charge is 2.58. The van der Waals surface area contributed by atoms with Gasteiger partial charge in [0.15, 0.2) is 11.5 Å². The molecule has 2 aliphatic rings. The van der Waals surface area contributed by atoms with Gasteiger partial charge in [0.2, 0.25) is 17.6 Å². The number of para-hydroxylation sites is 2. The van der Waals surface area contributed by atoms with Crippen LogP contribution in [-0.2, 0) is 14.2 Å². The van der Waals surface area contributed by atoms with Crippen molar-refractivity contribution in [3.05, 3.63) is 72.8 Å². The maximum absolute atomic E-state index is 15.1. The van der Waals surface area contributed by atoms with E-state index < -0.39 is 24.9 Å². The number of nitrogens with zero attached hydrogens (tertiary/aromatic N) is 3. The van der Waals surface area contributed by atoms with Crippen molar-refractivity contribution >= 4 is 36.3 Å². The average Bonchev–Trinajstić information content (AvgIpc) is 3.44. The Morgan fingerprint density at radius 3 is 1.65 bits per heavy atom. The van der Waals surface area contributed by atoms with Crippen molar-refractivity contribution in [2.75, 3.05) is 48.7 Å². The van der Waals surface area contributed by atoms with E-state index in [1.807, 2.05) is 60.7 Å². The van der Waals surface area contributed by atoms with Gasteiger partial charge in [0.05, 0.1) is 27.0 Å². The number of anilines is 3.